The molecule has 0 saturated heterocycles. The highest BCUT2D eigenvalue weighted by Gasteiger charge is 2.15. The van der Waals surface area contributed by atoms with Crippen molar-refractivity contribution in [2.75, 3.05) is 11.9 Å². The maximum Gasteiger partial charge on any atom is 0.163 e. The lowest BCUT2D eigenvalue weighted by Gasteiger charge is -2.21. The SMILES string of the molecule is CC(C)C(CO)Nc1cc(-c2ccc(Cl)cc2)nc(-c2cccnc2)n1. The van der Waals surface area contributed by atoms with E-state index >= 15 is 0 Å². The van der Waals surface area contributed by atoms with Gasteiger partial charge < -0.3 is 10.4 Å². The Hall–Kier alpha value is -2.50. The number of aliphatic hydroxyl groups excluding tert-OH is 1. The Labute approximate surface area is 158 Å². The summed E-state index contributed by atoms with van der Waals surface area (Å²) in [5, 5.41) is 13.6. The third kappa shape index (κ3) is 4.36. The molecule has 2 N–H and O–H groups in total. The Morgan fingerprint density at radius 2 is 1.85 bits per heavy atom. The first-order chi connectivity index (χ1) is 12.6. The third-order valence-electron chi connectivity index (χ3n) is 4.12. The van der Waals surface area contributed by atoms with Crippen molar-refractivity contribution in [1.82, 2.24) is 15.0 Å². The maximum atomic E-state index is 9.63. The van der Waals surface area contributed by atoms with E-state index in [1.165, 1.54) is 0 Å². The predicted molar refractivity (Wildman–Crippen MR) is 105 cm³/mol. The molecule has 6 heteroatoms. The van der Waals surface area contributed by atoms with E-state index in [1.807, 2.05) is 42.5 Å². The summed E-state index contributed by atoms with van der Waals surface area (Å²) in [6, 6.07) is 13.1. The van der Waals surface area contributed by atoms with Crippen molar-refractivity contribution >= 4 is 17.4 Å². The van der Waals surface area contributed by atoms with E-state index in [0.717, 1.165) is 16.8 Å². The molecule has 1 unspecified atom stereocenters. The highest BCUT2D eigenvalue weighted by Crippen LogP contribution is 2.26. The van der Waals surface area contributed by atoms with E-state index in [2.05, 4.69) is 34.1 Å². The Balaban J connectivity index is 2.06. The summed E-state index contributed by atoms with van der Waals surface area (Å²) >= 11 is 6.00. The summed E-state index contributed by atoms with van der Waals surface area (Å²) in [4.78, 5) is 13.5. The van der Waals surface area contributed by atoms with Crippen LogP contribution in [0.5, 0.6) is 0 Å². The average Bonchev–Trinajstić information content (AvgIpc) is 2.67. The molecule has 5 nitrogen and oxygen atoms in total. The van der Waals surface area contributed by atoms with Gasteiger partial charge in [0.15, 0.2) is 5.82 Å². The van der Waals surface area contributed by atoms with Crippen LogP contribution in [0.15, 0.2) is 54.9 Å². The van der Waals surface area contributed by atoms with Crippen molar-refractivity contribution in [2.45, 2.75) is 19.9 Å². The van der Waals surface area contributed by atoms with Gasteiger partial charge in [-0.3, -0.25) is 4.98 Å². The first kappa shape index (κ1) is 18.3. The molecule has 2 heterocycles. The molecule has 0 aliphatic carbocycles. The first-order valence-corrected chi connectivity index (χ1v) is 8.87. The van der Waals surface area contributed by atoms with E-state index in [1.54, 1.807) is 12.4 Å². The molecule has 0 bridgehead atoms. The molecule has 1 aromatic carbocycles. The molecule has 26 heavy (non-hydrogen) atoms. The zero-order chi connectivity index (χ0) is 18.5. The summed E-state index contributed by atoms with van der Waals surface area (Å²) in [6.07, 6.45) is 3.45. The lowest BCUT2D eigenvalue weighted by molar-refractivity contribution is 0.249. The summed E-state index contributed by atoms with van der Waals surface area (Å²) in [5.41, 5.74) is 2.55. The summed E-state index contributed by atoms with van der Waals surface area (Å²) in [6.45, 7) is 4.13. The standard InChI is InChI=1S/C20H21ClN4O/c1-13(2)18(12-26)23-19-10-17(14-5-7-16(21)8-6-14)24-20(25-19)15-4-3-9-22-11-15/h3-11,13,18,26H,12H2,1-2H3,(H,23,24,25). The zero-order valence-corrected chi connectivity index (χ0v) is 15.5. The summed E-state index contributed by atoms with van der Waals surface area (Å²) < 4.78 is 0. The van der Waals surface area contributed by atoms with Crippen molar-refractivity contribution in [3.8, 4) is 22.6 Å². The largest absolute Gasteiger partial charge is 0.394 e. The monoisotopic (exact) mass is 368 g/mol. The van der Waals surface area contributed by atoms with E-state index in [0.29, 0.717) is 16.7 Å². The number of hydrogen-bond acceptors (Lipinski definition) is 5. The molecule has 1 atom stereocenters. The van der Waals surface area contributed by atoms with Crippen LogP contribution in [-0.4, -0.2) is 32.7 Å². The minimum absolute atomic E-state index is 0.0280. The number of rotatable bonds is 6. The number of nitrogens with zero attached hydrogens (tertiary/aromatic N) is 3. The van der Waals surface area contributed by atoms with Crippen molar-refractivity contribution in [1.29, 1.82) is 0 Å². The quantitative estimate of drug-likeness (QED) is 0.679. The van der Waals surface area contributed by atoms with Crippen LogP contribution in [0.1, 0.15) is 13.8 Å². The Bertz CT molecular complexity index is 853. The highest BCUT2D eigenvalue weighted by atomic mass is 35.5. The number of nitrogens with one attached hydrogen (secondary N) is 1. The van der Waals surface area contributed by atoms with Gasteiger partial charge in [0.25, 0.3) is 0 Å². The van der Waals surface area contributed by atoms with Crippen molar-refractivity contribution < 1.29 is 5.11 Å². The molecule has 0 spiro atoms. The molecule has 134 valence electrons. The van der Waals surface area contributed by atoms with Gasteiger partial charge in [0, 0.05) is 34.6 Å². The van der Waals surface area contributed by atoms with E-state index in [4.69, 9.17) is 11.6 Å². The van der Waals surface area contributed by atoms with Crippen LogP contribution in [0.4, 0.5) is 5.82 Å². The van der Waals surface area contributed by atoms with Gasteiger partial charge in [-0.15, -0.1) is 0 Å². The number of pyridine rings is 1. The first-order valence-electron chi connectivity index (χ1n) is 8.49. The van der Waals surface area contributed by atoms with Crippen molar-refractivity contribution in [3.05, 3.63) is 59.9 Å². The highest BCUT2D eigenvalue weighted by molar-refractivity contribution is 6.30. The minimum Gasteiger partial charge on any atom is -0.394 e. The normalized spacial score (nSPS) is 12.2. The fourth-order valence-corrected chi connectivity index (χ4v) is 2.65. The number of halogens is 1. The minimum atomic E-state index is -0.0929. The van der Waals surface area contributed by atoms with Gasteiger partial charge in [0.1, 0.15) is 5.82 Å². The van der Waals surface area contributed by atoms with E-state index < -0.39 is 0 Å². The van der Waals surface area contributed by atoms with Gasteiger partial charge in [-0.05, 0) is 30.2 Å². The number of benzene rings is 1. The fraction of sp³-hybridized carbons (Fsp3) is 0.250. The smallest absolute Gasteiger partial charge is 0.163 e. The summed E-state index contributed by atoms with van der Waals surface area (Å²) in [5.74, 6) is 1.50. The Morgan fingerprint density at radius 3 is 2.46 bits per heavy atom. The number of hydrogen-bond donors (Lipinski definition) is 2. The van der Waals surface area contributed by atoms with Crippen LogP contribution in [0.25, 0.3) is 22.6 Å². The lowest BCUT2D eigenvalue weighted by Crippen LogP contribution is -2.30. The average molecular weight is 369 g/mol. The third-order valence-corrected chi connectivity index (χ3v) is 4.37. The predicted octanol–water partition coefficient (Wildman–Crippen LogP) is 4.29. The zero-order valence-electron chi connectivity index (χ0n) is 14.7. The molecular formula is C20H21ClN4O. The molecule has 0 radical (unpaired) electrons. The van der Waals surface area contributed by atoms with Crippen LogP contribution in [0.3, 0.4) is 0 Å². The van der Waals surface area contributed by atoms with Gasteiger partial charge >= 0.3 is 0 Å². The maximum absolute atomic E-state index is 9.63. The molecule has 0 amide bonds. The molecule has 0 fully saturated rings. The number of aliphatic hydroxyl groups is 1. The molecule has 0 aliphatic heterocycles. The van der Waals surface area contributed by atoms with Gasteiger partial charge in [-0.2, -0.15) is 0 Å². The topological polar surface area (TPSA) is 70.9 Å². The van der Waals surface area contributed by atoms with E-state index in [9.17, 15) is 5.11 Å². The van der Waals surface area contributed by atoms with Crippen LogP contribution < -0.4 is 5.32 Å². The number of aromatic nitrogens is 3. The van der Waals surface area contributed by atoms with Crippen LogP contribution in [-0.2, 0) is 0 Å². The van der Waals surface area contributed by atoms with Crippen molar-refractivity contribution in [2.24, 2.45) is 5.92 Å². The second-order valence-electron chi connectivity index (χ2n) is 6.39. The molecule has 3 rings (SSSR count). The number of anilines is 1. The van der Waals surface area contributed by atoms with Gasteiger partial charge in [0.2, 0.25) is 0 Å². The van der Waals surface area contributed by atoms with Crippen LogP contribution in [0, 0.1) is 5.92 Å². The van der Waals surface area contributed by atoms with Crippen molar-refractivity contribution in [3.63, 3.8) is 0 Å². The summed E-state index contributed by atoms with van der Waals surface area (Å²) in [7, 11) is 0. The molecule has 0 aliphatic rings. The molecular weight excluding hydrogens is 348 g/mol. The van der Waals surface area contributed by atoms with Crippen LogP contribution >= 0.6 is 11.6 Å². The molecule has 2 aromatic heterocycles. The van der Waals surface area contributed by atoms with Gasteiger partial charge in [-0.1, -0.05) is 37.6 Å². The van der Waals surface area contributed by atoms with E-state index in [-0.39, 0.29) is 18.6 Å². The lowest BCUT2D eigenvalue weighted by atomic mass is 10.1. The molecule has 3 aromatic rings. The fourth-order valence-electron chi connectivity index (χ4n) is 2.53. The molecule has 0 saturated carbocycles. The Morgan fingerprint density at radius 1 is 1.08 bits per heavy atom. The Kier molecular flexibility index (Phi) is 5.81. The van der Waals surface area contributed by atoms with Gasteiger partial charge in [-0.25, -0.2) is 9.97 Å². The van der Waals surface area contributed by atoms with Gasteiger partial charge in [0.05, 0.1) is 18.3 Å². The second-order valence-corrected chi connectivity index (χ2v) is 6.82. The second kappa shape index (κ2) is 8.25. The van der Waals surface area contributed by atoms with Crippen LogP contribution in [0.2, 0.25) is 5.02 Å².